The Bertz CT molecular complexity index is 616. The lowest BCUT2D eigenvalue weighted by Gasteiger charge is -2.07. The summed E-state index contributed by atoms with van der Waals surface area (Å²) in [5, 5.41) is 12.1. The maximum Gasteiger partial charge on any atom is 0.229 e. The number of nitrogens with one attached hydrogen (secondary N) is 1. The first-order chi connectivity index (χ1) is 9.06. The molecule has 2 aromatic rings. The SMILES string of the molecule is O=C(Cc1cc(Br)ccc1F)Nc1ccccc1O. The minimum atomic E-state index is -0.435. The van der Waals surface area contributed by atoms with Gasteiger partial charge in [0.25, 0.3) is 0 Å². The highest BCUT2D eigenvalue weighted by Gasteiger charge is 2.10. The van der Waals surface area contributed by atoms with Crippen LogP contribution >= 0.6 is 15.9 Å². The van der Waals surface area contributed by atoms with Crippen molar-refractivity contribution in [2.45, 2.75) is 6.42 Å². The predicted molar refractivity (Wildman–Crippen MR) is 74.5 cm³/mol. The zero-order valence-electron chi connectivity index (χ0n) is 9.86. The number of carbonyl (C=O) groups is 1. The molecule has 0 radical (unpaired) electrons. The zero-order chi connectivity index (χ0) is 13.8. The largest absolute Gasteiger partial charge is 0.506 e. The monoisotopic (exact) mass is 323 g/mol. The molecule has 2 N–H and O–H groups in total. The Kier molecular flexibility index (Phi) is 4.16. The smallest absolute Gasteiger partial charge is 0.229 e. The van der Waals surface area contributed by atoms with Crippen molar-refractivity contribution in [1.29, 1.82) is 0 Å². The first-order valence-corrected chi connectivity index (χ1v) is 6.37. The Morgan fingerprint density at radius 2 is 2.00 bits per heavy atom. The van der Waals surface area contributed by atoms with E-state index in [1.54, 1.807) is 30.3 Å². The number of benzene rings is 2. The van der Waals surface area contributed by atoms with Gasteiger partial charge in [-0.05, 0) is 35.9 Å². The number of rotatable bonds is 3. The maximum atomic E-state index is 13.5. The van der Waals surface area contributed by atoms with E-state index in [1.807, 2.05) is 0 Å². The topological polar surface area (TPSA) is 49.3 Å². The van der Waals surface area contributed by atoms with Crippen LogP contribution in [0.15, 0.2) is 46.9 Å². The molecular formula is C14H11BrFNO2. The van der Waals surface area contributed by atoms with Gasteiger partial charge in [0.05, 0.1) is 12.1 Å². The number of hydrogen-bond acceptors (Lipinski definition) is 2. The molecule has 2 aromatic carbocycles. The summed E-state index contributed by atoms with van der Waals surface area (Å²) in [6.07, 6.45) is -0.0976. The highest BCUT2D eigenvalue weighted by atomic mass is 79.9. The van der Waals surface area contributed by atoms with Gasteiger partial charge in [-0.3, -0.25) is 4.79 Å². The predicted octanol–water partition coefficient (Wildman–Crippen LogP) is 3.48. The number of para-hydroxylation sites is 2. The van der Waals surface area contributed by atoms with Gasteiger partial charge in [-0.2, -0.15) is 0 Å². The minimum Gasteiger partial charge on any atom is -0.506 e. The van der Waals surface area contributed by atoms with Crippen LogP contribution in [0.5, 0.6) is 5.75 Å². The fourth-order valence-electron chi connectivity index (χ4n) is 1.63. The molecule has 98 valence electrons. The summed E-state index contributed by atoms with van der Waals surface area (Å²) in [6.45, 7) is 0. The second-order valence-electron chi connectivity index (χ2n) is 3.98. The number of amides is 1. The minimum absolute atomic E-state index is 0.0226. The molecule has 0 fully saturated rings. The maximum absolute atomic E-state index is 13.5. The lowest BCUT2D eigenvalue weighted by Crippen LogP contribution is -2.15. The molecule has 3 nitrogen and oxygen atoms in total. The number of halogens is 2. The summed E-state index contributed by atoms with van der Waals surface area (Å²) >= 11 is 3.23. The molecule has 5 heteroatoms. The molecule has 0 heterocycles. The van der Waals surface area contributed by atoms with E-state index in [0.29, 0.717) is 15.7 Å². The van der Waals surface area contributed by atoms with Gasteiger partial charge < -0.3 is 10.4 Å². The quantitative estimate of drug-likeness (QED) is 0.850. The number of anilines is 1. The number of hydrogen-bond donors (Lipinski definition) is 2. The van der Waals surface area contributed by atoms with E-state index in [9.17, 15) is 14.3 Å². The highest BCUT2D eigenvalue weighted by molar-refractivity contribution is 9.10. The molecule has 2 rings (SSSR count). The van der Waals surface area contributed by atoms with Gasteiger partial charge in [0.15, 0.2) is 0 Å². The van der Waals surface area contributed by atoms with Crippen LogP contribution in [0.4, 0.5) is 10.1 Å². The lowest BCUT2D eigenvalue weighted by molar-refractivity contribution is -0.115. The van der Waals surface area contributed by atoms with Gasteiger partial charge in [0, 0.05) is 4.47 Å². The van der Waals surface area contributed by atoms with Crippen LogP contribution in [-0.4, -0.2) is 11.0 Å². The van der Waals surface area contributed by atoms with E-state index in [1.165, 1.54) is 12.1 Å². The number of aromatic hydroxyl groups is 1. The van der Waals surface area contributed by atoms with Gasteiger partial charge in [0.1, 0.15) is 11.6 Å². The van der Waals surface area contributed by atoms with Crippen molar-refractivity contribution in [2.75, 3.05) is 5.32 Å². The van der Waals surface area contributed by atoms with Crippen molar-refractivity contribution in [3.63, 3.8) is 0 Å². The Morgan fingerprint density at radius 3 is 2.74 bits per heavy atom. The number of carbonyl (C=O) groups excluding carboxylic acids is 1. The molecule has 1 amide bonds. The van der Waals surface area contributed by atoms with Crippen molar-refractivity contribution >= 4 is 27.5 Å². The molecule has 0 spiro atoms. The molecule has 0 aliphatic heterocycles. The fraction of sp³-hybridized carbons (Fsp3) is 0.0714. The summed E-state index contributed by atoms with van der Waals surface area (Å²) in [5.41, 5.74) is 0.602. The standard InChI is InChI=1S/C14H11BrFNO2/c15-10-5-6-11(16)9(7-10)8-14(19)17-12-3-1-2-4-13(12)18/h1-7,18H,8H2,(H,17,19). The van der Waals surface area contributed by atoms with Crippen molar-refractivity contribution in [2.24, 2.45) is 0 Å². The van der Waals surface area contributed by atoms with E-state index in [-0.39, 0.29) is 12.2 Å². The summed E-state index contributed by atoms with van der Waals surface area (Å²) in [5.74, 6) is -0.848. The Balaban J connectivity index is 2.10. The second-order valence-corrected chi connectivity index (χ2v) is 4.89. The summed E-state index contributed by atoms with van der Waals surface area (Å²) in [6, 6.07) is 10.8. The highest BCUT2D eigenvalue weighted by Crippen LogP contribution is 2.22. The van der Waals surface area contributed by atoms with Crippen molar-refractivity contribution < 1.29 is 14.3 Å². The Labute approximate surface area is 118 Å². The third-order valence-corrected chi connectivity index (χ3v) is 3.03. The van der Waals surface area contributed by atoms with E-state index in [2.05, 4.69) is 21.2 Å². The molecule has 0 aliphatic carbocycles. The van der Waals surface area contributed by atoms with Crippen LogP contribution in [-0.2, 0) is 11.2 Å². The Morgan fingerprint density at radius 1 is 1.26 bits per heavy atom. The summed E-state index contributed by atoms with van der Waals surface area (Å²) in [7, 11) is 0. The Hall–Kier alpha value is -1.88. The van der Waals surface area contributed by atoms with Gasteiger partial charge in [-0.1, -0.05) is 28.1 Å². The van der Waals surface area contributed by atoms with E-state index < -0.39 is 11.7 Å². The van der Waals surface area contributed by atoms with Crippen LogP contribution in [0, 0.1) is 5.82 Å². The first-order valence-electron chi connectivity index (χ1n) is 5.58. The van der Waals surface area contributed by atoms with Crippen LogP contribution < -0.4 is 5.32 Å². The van der Waals surface area contributed by atoms with Gasteiger partial charge in [0.2, 0.25) is 5.91 Å². The average molecular weight is 324 g/mol. The van der Waals surface area contributed by atoms with Gasteiger partial charge in [-0.25, -0.2) is 4.39 Å². The van der Waals surface area contributed by atoms with Gasteiger partial charge in [-0.15, -0.1) is 0 Å². The number of phenolic OH excluding ortho intramolecular Hbond substituents is 1. The van der Waals surface area contributed by atoms with Crippen molar-refractivity contribution in [1.82, 2.24) is 0 Å². The van der Waals surface area contributed by atoms with Crippen LogP contribution in [0.25, 0.3) is 0 Å². The van der Waals surface area contributed by atoms with E-state index in [0.717, 1.165) is 0 Å². The van der Waals surface area contributed by atoms with E-state index >= 15 is 0 Å². The van der Waals surface area contributed by atoms with E-state index in [4.69, 9.17) is 0 Å². The molecule has 0 aliphatic rings. The fourth-order valence-corrected chi connectivity index (χ4v) is 2.03. The van der Waals surface area contributed by atoms with Crippen molar-refractivity contribution in [3.8, 4) is 5.75 Å². The molecule has 19 heavy (non-hydrogen) atoms. The third kappa shape index (κ3) is 3.54. The molecule has 0 saturated carbocycles. The summed E-state index contributed by atoms with van der Waals surface area (Å²) < 4.78 is 14.2. The zero-order valence-corrected chi connectivity index (χ0v) is 11.4. The second kappa shape index (κ2) is 5.84. The molecule has 0 unspecified atom stereocenters. The van der Waals surface area contributed by atoms with Crippen molar-refractivity contribution in [3.05, 3.63) is 58.3 Å². The normalized spacial score (nSPS) is 10.2. The van der Waals surface area contributed by atoms with Gasteiger partial charge >= 0.3 is 0 Å². The summed E-state index contributed by atoms with van der Waals surface area (Å²) in [4.78, 5) is 11.8. The first kappa shape index (κ1) is 13.5. The van der Waals surface area contributed by atoms with Crippen LogP contribution in [0.3, 0.4) is 0 Å². The average Bonchev–Trinajstić information content (AvgIpc) is 2.37. The molecule has 0 saturated heterocycles. The molecular weight excluding hydrogens is 313 g/mol. The third-order valence-electron chi connectivity index (χ3n) is 2.54. The van der Waals surface area contributed by atoms with Crippen LogP contribution in [0.1, 0.15) is 5.56 Å². The molecule has 0 atom stereocenters. The molecule has 0 aromatic heterocycles. The molecule has 0 bridgehead atoms. The number of phenols is 1. The van der Waals surface area contributed by atoms with Crippen LogP contribution in [0.2, 0.25) is 0 Å². The lowest BCUT2D eigenvalue weighted by atomic mass is 10.1.